The molecule has 1 fully saturated rings. The summed E-state index contributed by atoms with van der Waals surface area (Å²) in [6.07, 6.45) is 3.10. The van der Waals surface area contributed by atoms with Crippen LogP contribution in [0.25, 0.3) is 5.57 Å². The van der Waals surface area contributed by atoms with Gasteiger partial charge in [-0.15, -0.1) is 0 Å². The molecule has 0 aromatic heterocycles. The molecule has 0 bridgehead atoms. The smallest absolute Gasteiger partial charge is 0.282 e. The molecule has 0 spiro atoms. The van der Waals surface area contributed by atoms with Gasteiger partial charge in [0.25, 0.3) is 11.8 Å². The maximum absolute atomic E-state index is 13.6. The monoisotopic (exact) mass is 426 g/mol. The third kappa shape index (κ3) is 3.52. The molecule has 0 N–H and O–H groups in total. The number of rotatable bonds is 5. The molecule has 0 radical (unpaired) electrons. The standard InChI is InChI=1S/C23H23ClN2O4/c1-29-17-10-11-19(30-2)18(14-17)26-22(27)20(15-6-8-16(24)9-7-15)21(23(26)28)25-12-4-3-5-13-25/h6-11,14H,3-5,12-13H2,1-2H3. The van der Waals surface area contributed by atoms with E-state index in [4.69, 9.17) is 21.1 Å². The number of hydrogen-bond acceptors (Lipinski definition) is 5. The zero-order chi connectivity index (χ0) is 21.3. The van der Waals surface area contributed by atoms with Crippen LogP contribution in [0.3, 0.4) is 0 Å². The van der Waals surface area contributed by atoms with Crippen LogP contribution in [0.2, 0.25) is 5.02 Å². The predicted molar refractivity (Wildman–Crippen MR) is 116 cm³/mol. The third-order valence-corrected chi connectivity index (χ3v) is 5.74. The van der Waals surface area contributed by atoms with E-state index in [-0.39, 0.29) is 11.8 Å². The minimum Gasteiger partial charge on any atom is -0.497 e. The highest BCUT2D eigenvalue weighted by molar-refractivity contribution is 6.45. The number of likely N-dealkylation sites (tertiary alicyclic amines) is 1. The Bertz CT molecular complexity index is 1010. The summed E-state index contributed by atoms with van der Waals surface area (Å²) in [6.45, 7) is 1.49. The average Bonchev–Trinajstić information content (AvgIpc) is 3.04. The van der Waals surface area contributed by atoms with Gasteiger partial charge in [0.05, 0.1) is 25.5 Å². The molecule has 0 atom stereocenters. The lowest BCUT2D eigenvalue weighted by Gasteiger charge is -2.29. The number of carbonyl (C=O) groups is 2. The zero-order valence-electron chi connectivity index (χ0n) is 17.0. The summed E-state index contributed by atoms with van der Waals surface area (Å²) in [5.41, 5.74) is 1.86. The summed E-state index contributed by atoms with van der Waals surface area (Å²) in [5, 5.41) is 0.571. The van der Waals surface area contributed by atoms with Crippen LogP contribution >= 0.6 is 11.6 Å². The van der Waals surface area contributed by atoms with Gasteiger partial charge in [-0.2, -0.15) is 0 Å². The Morgan fingerprint density at radius 1 is 0.867 bits per heavy atom. The normalized spacial score (nSPS) is 17.0. The van der Waals surface area contributed by atoms with Gasteiger partial charge in [0, 0.05) is 24.2 Å². The fraction of sp³-hybridized carbons (Fsp3) is 0.304. The first kappa shape index (κ1) is 20.3. The molecule has 7 heteroatoms. The van der Waals surface area contributed by atoms with Gasteiger partial charge in [0.2, 0.25) is 0 Å². The Labute approximate surface area is 180 Å². The van der Waals surface area contributed by atoms with E-state index < -0.39 is 0 Å². The Kier molecular flexibility index (Phi) is 5.68. The number of anilines is 1. The molecule has 2 aromatic carbocycles. The molecule has 2 aromatic rings. The molecule has 0 saturated carbocycles. The lowest BCUT2D eigenvalue weighted by Crippen LogP contribution is -2.37. The van der Waals surface area contributed by atoms with Crippen molar-refractivity contribution >= 4 is 34.7 Å². The third-order valence-electron chi connectivity index (χ3n) is 5.49. The number of ether oxygens (including phenoxy) is 2. The van der Waals surface area contributed by atoms with Crippen molar-refractivity contribution in [3.05, 3.63) is 58.7 Å². The molecule has 4 rings (SSSR count). The van der Waals surface area contributed by atoms with Crippen LogP contribution in [0.1, 0.15) is 24.8 Å². The van der Waals surface area contributed by atoms with Crippen LogP contribution < -0.4 is 14.4 Å². The number of nitrogens with zero attached hydrogens (tertiary/aromatic N) is 2. The molecule has 2 heterocycles. The van der Waals surface area contributed by atoms with E-state index >= 15 is 0 Å². The van der Waals surface area contributed by atoms with Gasteiger partial charge >= 0.3 is 0 Å². The Morgan fingerprint density at radius 2 is 1.57 bits per heavy atom. The van der Waals surface area contributed by atoms with Crippen molar-refractivity contribution in [3.8, 4) is 11.5 Å². The minimum absolute atomic E-state index is 0.349. The van der Waals surface area contributed by atoms with Crippen LogP contribution in [0.5, 0.6) is 11.5 Å². The lowest BCUT2D eigenvalue weighted by molar-refractivity contribution is -0.120. The van der Waals surface area contributed by atoms with Crippen molar-refractivity contribution in [1.82, 2.24) is 4.90 Å². The number of methoxy groups -OCH3 is 2. The highest BCUT2D eigenvalue weighted by Crippen LogP contribution is 2.40. The topological polar surface area (TPSA) is 59.1 Å². The Hall–Kier alpha value is -2.99. The van der Waals surface area contributed by atoms with Crippen LogP contribution in [-0.4, -0.2) is 44.0 Å². The summed E-state index contributed by atoms with van der Waals surface area (Å²) < 4.78 is 10.7. The Morgan fingerprint density at radius 3 is 2.20 bits per heavy atom. The molecule has 2 amide bonds. The lowest BCUT2D eigenvalue weighted by atomic mass is 10.0. The van der Waals surface area contributed by atoms with Gasteiger partial charge in [-0.25, -0.2) is 4.90 Å². The van der Waals surface area contributed by atoms with Crippen molar-refractivity contribution < 1.29 is 19.1 Å². The number of benzene rings is 2. The second-order valence-electron chi connectivity index (χ2n) is 7.26. The maximum Gasteiger partial charge on any atom is 0.282 e. The Balaban J connectivity index is 1.85. The molecule has 0 aliphatic carbocycles. The predicted octanol–water partition coefficient (Wildman–Crippen LogP) is 4.13. The van der Waals surface area contributed by atoms with E-state index in [1.54, 1.807) is 42.5 Å². The van der Waals surface area contributed by atoms with Crippen LogP contribution in [0.15, 0.2) is 48.2 Å². The molecule has 0 unspecified atom stereocenters. The first-order chi connectivity index (χ1) is 14.5. The van der Waals surface area contributed by atoms with Crippen LogP contribution in [-0.2, 0) is 9.59 Å². The molecule has 2 aliphatic heterocycles. The van der Waals surface area contributed by atoms with E-state index in [1.807, 2.05) is 4.90 Å². The fourth-order valence-electron chi connectivity index (χ4n) is 4.00. The summed E-state index contributed by atoms with van der Waals surface area (Å²) in [5.74, 6) is 0.228. The van der Waals surface area contributed by atoms with Crippen molar-refractivity contribution in [2.45, 2.75) is 19.3 Å². The molecular formula is C23H23ClN2O4. The number of hydrogen-bond donors (Lipinski definition) is 0. The number of imide groups is 1. The summed E-state index contributed by atoms with van der Waals surface area (Å²) in [7, 11) is 3.05. The highest BCUT2D eigenvalue weighted by atomic mass is 35.5. The van der Waals surface area contributed by atoms with Crippen molar-refractivity contribution in [1.29, 1.82) is 0 Å². The summed E-state index contributed by atoms with van der Waals surface area (Å²) in [6, 6.07) is 12.1. The van der Waals surface area contributed by atoms with Crippen molar-refractivity contribution in [3.63, 3.8) is 0 Å². The maximum atomic E-state index is 13.6. The van der Waals surface area contributed by atoms with Gasteiger partial charge in [-0.05, 0) is 49.1 Å². The average molecular weight is 427 g/mol. The number of amides is 2. The second kappa shape index (κ2) is 8.40. The van der Waals surface area contributed by atoms with E-state index in [0.29, 0.717) is 39.0 Å². The minimum atomic E-state index is -0.380. The van der Waals surface area contributed by atoms with E-state index in [9.17, 15) is 9.59 Å². The van der Waals surface area contributed by atoms with E-state index in [2.05, 4.69) is 0 Å². The molecular weight excluding hydrogens is 404 g/mol. The number of carbonyl (C=O) groups excluding carboxylic acids is 2. The molecule has 30 heavy (non-hydrogen) atoms. The second-order valence-corrected chi connectivity index (χ2v) is 7.70. The number of piperidine rings is 1. The largest absolute Gasteiger partial charge is 0.497 e. The molecule has 156 valence electrons. The van der Waals surface area contributed by atoms with Gasteiger partial charge in [-0.3, -0.25) is 9.59 Å². The van der Waals surface area contributed by atoms with Gasteiger partial charge in [0.1, 0.15) is 17.2 Å². The molecule has 1 saturated heterocycles. The summed E-state index contributed by atoms with van der Waals surface area (Å²) in [4.78, 5) is 30.4. The summed E-state index contributed by atoms with van der Waals surface area (Å²) >= 11 is 6.05. The van der Waals surface area contributed by atoms with Gasteiger partial charge in [-0.1, -0.05) is 23.7 Å². The van der Waals surface area contributed by atoms with Gasteiger partial charge < -0.3 is 14.4 Å². The first-order valence-corrected chi connectivity index (χ1v) is 10.3. The molecule has 6 nitrogen and oxygen atoms in total. The van der Waals surface area contributed by atoms with Crippen molar-refractivity contribution in [2.75, 3.05) is 32.2 Å². The van der Waals surface area contributed by atoms with Gasteiger partial charge in [0.15, 0.2) is 0 Å². The molecule has 2 aliphatic rings. The highest BCUT2D eigenvalue weighted by Gasteiger charge is 2.43. The van der Waals surface area contributed by atoms with Crippen LogP contribution in [0.4, 0.5) is 5.69 Å². The fourth-order valence-corrected chi connectivity index (χ4v) is 4.12. The van der Waals surface area contributed by atoms with Crippen molar-refractivity contribution in [2.24, 2.45) is 0 Å². The number of halogens is 1. The SMILES string of the molecule is COc1ccc(OC)c(N2C(=O)C(c3ccc(Cl)cc3)=C(N3CCCCC3)C2=O)c1. The zero-order valence-corrected chi connectivity index (χ0v) is 17.7. The van der Waals surface area contributed by atoms with Crippen LogP contribution in [0, 0.1) is 0 Å². The van der Waals surface area contributed by atoms with E-state index in [1.165, 1.54) is 19.1 Å². The van der Waals surface area contributed by atoms with E-state index in [0.717, 1.165) is 32.4 Å². The first-order valence-electron chi connectivity index (χ1n) is 9.91. The quantitative estimate of drug-likeness (QED) is 0.673.